The number of hydrogen-bond acceptors (Lipinski definition) is 7. The van der Waals surface area contributed by atoms with Crippen LogP contribution in [-0.4, -0.2) is 66.1 Å². The number of para-hydroxylation sites is 1. The number of carbonyl (C=O) groups excluding carboxylic acids is 1. The summed E-state index contributed by atoms with van der Waals surface area (Å²) in [4.78, 5) is 25.8. The van der Waals surface area contributed by atoms with E-state index in [1.165, 1.54) is 0 Å². The van der Waals surface area contributed by atoms with E-state index in [-0.39, 0.29) is 18.0 Å². The van der Waals surface area contributed by atoms with Gasteiger partial charge in [0.05, 0.1) is 29.0 Å². The van der Waals surface area contributed by atoms with Crippen molar-refractivity contribution in [3.63, 3.8) is 0 Å². The van der Waals surface area contributed by atoms with Gasteiger partial charge < -0.3 is 20.9 Å². The van der Waals surface area contributed by atoms with Crippen molar-refractivity contribution in [3.8, 4) is 0 Å². The van der Waals surface area contributed by atoms with Gasteiger partial charge in [0, 0.05) is 45.2 Å². The first-order valence-corrected chi connectivity index (χ1v) is 10.1. The smallest absolute Gasteiger partial charge is 0.322 e. The Labute approximate surface area is 178 Å². The van der Waals surface area contributed by atoms with Crippen LogP contribution in [0.3, 0.4) is 0 Å². The molecular formula is C20H24N10O. The Morgan fingerprint density at radius 2 is 1.94 bits per heavy atom. The lowest BCUT2D eigenvalue weighted by atomic mass is 10.2. The van der Waals surface area contributed by atoms with E-state index >= 15 is 0 Å². The van der Waals surface area contributed by atoms with E-state index in [1.807, 2.05) is 37.2 Å². The number of amides is 2. The van der Waals surface area contributed by atoms with Gasteiger partial charge in [-0.2, -0.15) is 20.2 Å². The molecular weight excluding hydrogens is 396 g/mol. The van der Waals surface area contributed by atoms with E-state index in [9.17, 15) is 4.79 Å². The molecule has 2 amide bonds. The maximum Gasteiger partial charge on any atom is 0.322 e. The maximum atomic E-state index is 13.0. The highest BCUT2D eigenvalue weighted by Crippen LogP contribution is 2.28. The van der Waals surface area contributed by atoms with Gasteiger partial charge in [-0.05, 0) is 13.0 Å². The number of benzene rings is 1. The molecule has 0 bridgehead atoms. The quantitative estimate of drug-likeness (QED) is 0.505. The van der Waals surface area contributed by atoms with Gasteiger partial charge in [-0.1, -0.05) is 12.1 Å². The Hall–Kier alpha value is -3.89. The lowest BCUT2D eigenvalue weighted by Crippen LogP contribution is -2.55. The zero-order chi connectivity index (χ0) is 21.7. The summed E-state index contributed by atoms with van der Waals surface area (Å²) in [6, 6.07) is 5.70. The molecule has 160 valence electrons. The van der Waals surface area contributed by atoms with E-state index < -0.39 is 0 Å². The molecule has 1 aliphatic rings. The van der Waals surface area contributed by atoms with Crippen LogP contribution in [0, 0.1) is 0 Å². The number of urea groups is 1. The van der Waals surface area contributed by atoms with Crippen LogP contribution in [-0.2, 0) is 14.1 Å². The van der Waals surface area contributed by atoms with Gasteiger partial charge in [-0.15, -0.1) is 0 Å². The van der Waals surface area contributed by atoms with Gasteiger partial charge in [0.2, 0.25) is 5.95 Å². The molecule has 0 aliphatic carbocycles. The number of piperazine rings is 1. The molecule has 0 saturated carbocycles. The van der Waals surface area contributed by atoms with Crippen LogP contribution >= 0.6 is 0 Å². The Morgan fingerprint density at radius 3 is 2.74 bits per heavy atom. The molecule has 1 aromatic carbocycles. The molecule has 4 heterocycles. The van der Waals surface area contributed by atoms with Crippen LogP contribution < -0.4 is 16.0 Å². The second-order valence-electron chi connectivity index (χ2n) is 7.84. The number of hydrogen-bond donors (Lipinski definition) is 2. The minimum Gasteiger partial charge on any atom is -0.368 e. The van der Waals surface area contributed by atoms with Gasteiger partial charge in [0.25, 0.3) is 0 Å². The fourth-order valence-corrected chi connectivity index (χ4v) is 4.23. The summed E-state index contributed by atoms with van der Waals surface area (Å²) < 4.78 is 3.45. The number of nitrogens with one attached hydrogen (secondary N) is 1. The van der Waals surface area contributed by atoms with Gasteiger partial charge in [0.15, 0.2) is 5.65 Å². The summed E-state index contributed by atoms with van der Waals surface area (Å²) in [7, 11) is 3.69. The van der Waals surface area contributed by atoms with Crippen LogP contribution in [0.2, 0.25) is 0 Å². The van der Waals surface area contributed by atoms with Gasteiger partial charge in [-0.3, -0.25) is 9.36 Å². The number of nitrogen functional groups attached to an aromatic ring is 1. The van der Waals surface area contributed by atoms with Crippen molar-refractivity contribution in [2.24, 2.45) is 14.1 Å². The number of anilines is 3. The van der Waals surface area contributed by atoms with E-state index in [4.69, 9.17) is 5.73 Å². The molecule has 11 heteroatoms. The molecule has 11 nitrogen and oxygen atoms in total. The van der Waals surface area contributed by atoms with Crippen molar-refractivity contribution in [1.82, 2.24) is 34.4 Å². The first-order valence-electron chi connectivity index (χ1n) is 10.1. The Balaban J connectivity index is 1.35. The minimum absolute atomic E-state index is 0.0460. The zero-order valence-corrected chi connectivity index (χ0v) is 17.6. The molecule has 0 unspecified atom stereocenters. The molecule has 1 aliphatic heterocycles. The highest BCUT2D eigenvalue weighted by atomic mass is 16.2. The fourth-order valence-electron chi connectivity index (χ4n) is 4.23. The normalized spacial score (nSPS) is 16.9. The lowest BCUT2D eigenvalue weighted by molar-refractivity contribution is 0.200. The molecule has 3 N–H and O–H groups in total. The van der Waals surface area contributed by atoms with Gasteiger partial charge in [0.1, 0.15) is 5.82 Å². The van der Waals surface area contributed by atoms with Crippen molar-refractivity contribution >= 4 is 45.4 Å². The van der Waals surface area contributed by atoms with Crippen LogP contribution in [0.15, 0.2) is 30.6 Å². The summed E-state index contributed by atoms with van der Waals surface area (Å²) >= 11 is 0. The zero-order valence-electron chi connectivity index (χ0n) is 17.6. The van der Waals surface area contributed by atoms with Crippen LogP contribution in [0.25, 0.3) is 21.9 Å². The molecule has 31 heavy (non-hydrogen) atoms. The first kappa shape index (κ1) is 19.1. The topological polar surface area (TPSA) is 123 Å². The third-order valence-corrected chi connectivity index (χ3v) is 5.78. The maximum absolute atomic E-state index is 13.0. The lowest BCUT2D eigenvalue weighted by Gasteiger charge is -2.40. The number of rotatable bonds is 2. The van der Waals surface area contributed by atoms with Crippen molar-refractivity contribution < 1.29 is 4.79 Å². The number of nitrogens with two attached hydrogens (primary N) is 1. The molecule has 3 aromatic heterocycles. The van der Waals surface area contributed by atoms with Crippen LogP contribution in [0.5, 0.6) is 0 Å². The summed E-state index contributed by atoms with van der Waals surface area (Å²) in [5.74, 6) is 0.963. The molecule has 1 saturated heterocycles. The standard InChI is InChI=1S/C20H24N10O/c1-12-11-29(20(31)24-15-6-4-5-13-9-22-27(2)16(13)15)7-8-30(12)18-14-10-23-28(3)17(14)25-19(21)26-18/h4-6,9-10,12H,7-8,11H2,1-3H3,(H,24,31)(H2,21,25,26)/t12-/m0/s1. The predicted molar refractivity (Wildman–Crippen MR) is 119 cm³/mol. The molecule has 5 rings (SSSR count). The third-order valence-electron chi connectivity index (χ3n) is 5.78. The van der Waals surface area contributed by atoms with E-state index in [0.717, 1.165) is 27.8 Å². The second kappa shape index (κ2) is 7.11. The van der Waals surface area contributed by atoms with Crippen LogP contribution in [0.4, 0.5) is 22.2 Å². The number of nitrogens with zero attached hydrogens (tertiary/aromatic N) is 8. The van der Waals surface area contributed by atoms with E-state index in [2.05, 4.69) is 37.3 Å². The third kappa shape index (κ3) is 3.18. The van der Waals surface area contributed by atoms with Crippen molar-refractivity contribution in [2.45, 2.75) is 13.0 Å². The highest BCUT2D eigenvalue weighted by Gasteiger charge is 2.30. The Kier molecular flexibility index (Phi) is 4.38. The number of fused-ring (bicyclic) bond motifs is 2. The number of carbonyl (C=O) groups is 1. The molecule has 1 fully saturated rings. The van der Waals surface area contributed by atoms with E-state index in [0.29, 0.717) is 25.3 Å². The number of aromatic nitrogens is 6. The first-order chi connectivity index (χ1) is 14.9. The Bertz CT molecular complexity index is 1290. The van der Waals surface area contributed by atoms with Gasteiger partial charge >= 0.3 is 6.03 Å². The number of aryl methyl sites for hydroxylation is 2. The molecule has 0 spiro atoms. The highest BCUT2D eigenvalue weighted by molar-refractivity contribution is 6.00. The van der Waals surface area contributed by atoms with E-state index in [1.54, 1.807) is 21.8 Å². The van der Waals surface area contributed by atoms with Crippen molar-refractivity contribution in [2.75, 3.05) is 35.6 Å². The molecule has 4 aromatic rings. The average molecular weight is 420 g/mol. The summed E-state index contributed by atoms with van der Waals surface area (Å²) in [6.45, 7) is 3.81. The molecule has 0 radical (unpaired) electrons. The monoisotopic (exact) mass is 420 g/mol. The average Bonchev–Trinajstić information content (AvgIpc) is 3.31. The summed E-state index contributed by atoms with van der Waals surface area (Å²) in [5.41, 5.74) is 8.29. The minimum atomic E-state index is -0.131. The van der Waals surface area contributed by atoms with Crippen molar-refractivity contribution in [3.05, 3.63) is 30.6 Å². The van der Waals surface area contributed by atoms with Crippen LogP contribution in [0.1, 0.15) is 6.92 Å². The summed E-state index contributed by atoms with van der Waals surface area (Å²) in [5, 5.41) is 13.5. The predicted octanol–water partition coefficient (Wildman–Crippen LogP) is 1.57. The Morgan fingerprint density at radius 1 is 1.13 bits per heavy atom. The SMILES string of the molecule is C[C@H]1CN(C(=O)Nc2cccc3cnn(C)c23)CCN1c1nc(N)nc2c1cnn2C. The second-order valence-corrected chi connectivity index (χ2v) is 7.84. The fraction of sp³-hybridized carbons (Fsp3) is 0.350. The summed E-state index contributed by atoms with van der Waals surface area (Å²) in [6.07, 6.45) is 3.54. The van der Waals surface area contributed by atoms with Gasteiger partial charge in [-0.25, -0.2) is 4.79 Å². The van der Waals surface area contributed by atoms with Crippen molar-refractivity contribution in [1.29, 1.82) is 0 Å². The molecule has 1 atom stereocenters. The largest absolute Gasteiger partial charge is 0.368 e.